The van der Waals surface area contributed by atoms with Crippen LogP contribution in [0.2, 0.25) is 5.02 Å². The lowest BCUT2D eigenvalue weighted by Crippen LogP contribution is -2.00. The average molecular weight is 267 g/mol. The van der Waals surface area contributed by atoms with Gasteiger partial charge in [-0.05, 0) is 38.7 Å². The predicted molar refractivity (Wildman–Crippen MR) is 73.4 cm³/mol. The highest BCUT2D eigenvalue weighted by molar-refractivity contribution is 6.35. The number of nitrogens with one attached hydrogen (secondary N) is 1. The summed E-state index contributed by atoms with van der Waals surface area (Å²) in [5.41, 5.74) is 1.48. The van der Waals surface area contributed by atoms with E-state index in [2.05, 4.69) is 10.3 Å². The number of nitrogens with zero attached hydrogens (tertiary/aromatic N) is 1. The zero-order valence-corrected chi connectivity index (χ0v) is 11.2. The Morgan fingerprint density at radius 3 is 2.56 bits per heavy atom. The van der Waals surface area contributed by atoms with Crippen molar-refractivity contribution in [1.82, 2.24) is 10.3 Å². The maximum Gasteiger partial charge on any atom is 0.339 e. The first-order chi connectivity index (χ1) is 8.51. The molecule has 0 unspecified atom stereocenters. The van der Waals surface area contributed by atoms with Crippen LogP contribution < -0.4 is 5.32 Å². The van der Waals surface area contributed by atoms with E-state index in [9.17, 15) is 4.79 Å². The van der Waals surface area contributed by atoms with Crippen molar-refractivity contribution >= 4 is 28.5 Å². The molecule has 5 heteroatoms. The molecule has 1 aromatic heterocycles. The van der Waals surface area contributed by atoms with Gasteiger partial charge in [0.15, 0.2) is 0 Å². The van der Waals surface area contributed by atoms with Crippen LogP contribution in [0.25, 0.3) is 10.9 Å². The Morgan fingerprint density at radius 2 is 2.00 bits per heavy atom. The minimum atomic E-state index is -1.05. The predicted octanol–water partition coefficient (Wildman–Crippen LogP) is 2.73. The van der Waals surface area contributed by atoms with Gasteiger partial charge in [0, 0.05) is 11.6 Å². The second-order valence-electron chi connectivity index (χ2n) is 3.81. The van der Waals surface area contributed by atoms with E-state index >= 15 is 0 Å². The van der Waals surface area contributed by atoms with Crippen molar-refractivity contribution in [1.29, 1.82) is 0 Å². The molecule has 4 nitrogen and oxygen atoms in total. The number of aryl methyl sites for hydroxylation is 1. The van der Waals surface area contributed by atoms with Gasteiger partial charge in [-0.2, -0.15) is 0 Å². The molecule has 1 aromatic carbocycles. The molecular weight excluding hydrogens is 252 g/mol. The summed E-state index contributed by atoms with van der Waals surface area (Å²) in [6.45, 7) is 1.90. The fourth-order valence-corrected chi connectivity index (χ4v) is 1.72. The van der Waals surface area contributed by atoms with Crippen LogP contribution in [0.5, 0.6) is 0 Å². The standard InChI is InChI=1S/C11H8ClNO2.C2H7N/c1-6-4-7-2-3-8(12)9(11(14)15)10(7)13-5-6;1-3-2/h2-5H,1H3,(H,14,15);3H,1-2H3. The monoisotopic (exact) mass is 266 g/mol. The number of rotatable bonds is 1. The van der Waals surface area contributed by atoms with Crippen LogP contribution in [0.3, 0.4) is 0 Å². The van der Waals surface area contributed by atoms with E-state index in [1.165, 1.54) is 0 Å². The summed E-state index contributed by atoms with van der Waals surface area (Å²) in [6.07, 6.45) is 1.63. The molecule has 2 rings (SSSR count). The number of benzene rings is 1. The first kappa shape index (κ1) is 14.4. The molecule has 0 aliphatic carbocycles. The summed E-state index contributed by atoms with van der Waals surface area (Å²) < 4.78 is 0. The van der Waals surface area contributed by atoms with E-state index in [-0.39, 0.29) is 10.6 Å². The van der Waals surface area contributed by atoms with Crippen molar-refractivity contribution in [3.63, 3.8) is 0 Å². The van der Waals surface area contributed by atoms with Crippen LogP contribution in [0.4, 0.5) is 0 Å². The molecule has 0 aliphatic heterocycles. The molecule has 2 aromatic rings. The van der Waals surface area contributed by atoms with Crippen LogP contribution in [0.1, 0.15) is 15.9 Å². The molecule has 0 saturated carbocycles. The SMILES string of the molecule is CNC.Cc1cnc2c(C(=O)O)c(Cl)ccc2c1. The zero-order valence-electron chi connectivity index (χ0n) is 10.5. The van der Waals surface area contributed by atoms with Gasteiger partial charge >= 0.3 is 5.97 Å². The molecule has 0 saturated heterocycles. The average Bonchev–Trinajstić information content (AvgIpc) is 2.29. The second-order valence-corrected chi connectivity index (χ2v) is 4.22. The Labute approximate surface area is 111 Å². The molecule has 18 heavy (non-hydrogen) atoms. The van der Waals surface area contributed by atoms with Crippen molar-refractivity contribution in [3.05, 3.63) is 40.5 Å². The number of hydrogen-bond acceptors (Lipinski definition) is 3. The molecule has 1 heterocycles. The van der Waals surface area contributed by atoms with Crippen LogP contribution >= 0.6 is 11.6 Å². The van der Waals surface area contributed by atoms with Gasteiger partial charge < -0.3 is 10.4 Å². The third-order valence-corrected chi connectivity index (χ3v) is 2.47. The molecule has 0 atom stereocenters. The van der Waals surface area contributed by atoms with Crippen LogP contribution in [0, 0.1) is 6.92 Å². The van der Waals surface area contributed by atoms with Crippen LogP contribution in [-0.4, -0.2) is 30.2 Å². The lowest BCUT2D eigenvalue weighted by molar-refractivity contribution is 0.0699. The molecule has 96 valence electrons. The number of pyridine rings is 1. The number of fused-ring (bicyclic) bond motifs is 1. The van der Waals surface area contributed by atoms with Crippen LogP contribution in [-0.2, 0) is 0 Å². The summed E-state index contributed by atoms with van der Waals surface area (Å²) in [6, 6.07) is 5.23. The number of carbonyl (C=O) groups is 1. The van der Waals surface area contributed by atoms with Gasteiger partial charge in [-0.15, -0.1) is 0 Å². The second kappa shape index (κ2) is 6.33. The molecule has 0 aliphatic rings. The van der Waals surface area contributed by atoms with Gasteiger partial charge in [0.25, 0.3) is 0 Å². The van der Waals surface area contributed by atoms with E-state index in [0.29, 0.717) is 5.52 Å². The molecule has 2 N–H and O–H groups in total. The molecule has 0 amide bonds. The third-order valence-electron chi connectivity index (χ3n) is 2.15. The third kappa shape index (κ3) is 3.18. The number of hydrogen-bond donors (Lipinski definition) is 2. The fraction of sp³-hybridized carbons (Fsp3) is 0.231. The summed E-state index contributed by atoms with van der Waals surface area (Å²) in [7, 11) is 3.75. The molecule has 0 fully saturated rings. The van der Waals surface area contributed by atoms with Gasteiger partial charge in [-0.1, -0.05) is 17.7 Å². The highest BCUT2D eigenvalue weighted by Crippen LogP contribution is 2.24. The number of aromatic carboxylic acids is 1. The van der Waals surface area contributed by atoms with Crippen molar-refractivity contribution < 1.29 is 9.90 Å². The first-order valence-corrected chi connectivity index (χ1v) is 5.75. The van der Waals surface area contributed by atoms with Crippen LogP contribution in [0.15, 0.2) is 24.4 Å². The van der Waals surface area contributed by atoms with Gasteiger partial charge in [0.2, 0.25) is 0 Å². The van der Waals surface area contributed by atoms with Gasteiger partial charge in [-0.3, -0.25) is 4.98 Å². The van der Waals surface area contributed by atoms with E-state index in [0.717, 1.165) is 10.9 Å². The Morgan fingerprint density at radius 1 is 1.39 bits per heavy atom. The molecular formula is C13H15ClN2O2. The summed E-state index contributed by atoms with van der Waals surface area (Å²) in [5, 5.41) is 12.8. The van der Waals surface area contributed by atoms with Gasteiger partial charge in [-0.25, -0.2) is 4.79 Å². The minimum Gasteiger partial charge on any atom is -0.478 e. The Bertz CT molecular complexity index is 570. The lowest BCUT2D eigenvalue weighted by atomic mass is 10.1. The molecule has 0 spiro atoms. The van der Waals surface area contributed by atoms with Crippen molar-refractivity contribution in [2.75, 3.05) is 14.1 Å². The maximum absolute atomic E-state index is 11.0. The Kier molecular flexibility index (Phi) is 5.07. The normalized spacial score (nSPS) is 9.78. The minimum absolute atomic E-state index is 0.0640. The fourth-order valence-electron chi connectivity index (χ4n) is 1.49. The van der Waals surface area contributed by atoms with Crippen molar-refractivity contribution in [2.45, 2.75) is 6.92 Å². The molecule has 0 bridgehead atoms. The number of halogens is 1. The largest absolute Gasteiger partial charge is 0.478 e. The Balaban J connectivity index is 0.000000492. The summed E-state index contributed by atoms with van der Waals surface area (Å²) >= 11 is 5.82. The number of aromatic nitrogens is 1. The highest BCUT2D eigenvalue weighted by Gasteiger charge is 2.14. The van der Waals surface area contributed by atoms with Gasteiger partial charge in [0.1, 0.15) is 5.56 Å². The molecule has 0 radical (unpaired) electrons. The quantitative estimate of drug-likeness (QED) is 0.833. The van der Waals surface area contributed by atoms with E-state index in [1.54, 1.807) is 18.3 Å². The first-order valence-electron chi connectivity index (χ1n) is 5.38. The summed E-state index contributed by atoms with van der Waals surface area (Å²) in [4.78, 5) is 15.1. The van der Waals surface area contributed by atoms with Crippen molar-refractivity contribution in [2.24, 2.45) is 0 Å². The Hall–Kier alpha value is -1.65. The topological polar surface area (TPSA) is 62.2 Å². The maximum atomic E-state index is 11.0. The van der Waals surface area contributed by atoms with E-state index < -0.39 is 5.97 Å². The number of carboxylic acids is 1. The zero-order chi connectivity index (χ0) is 13.7. The van der Waals surface area contributed by atoms with Crippen molar-refractivity contribution in [3.8, 4) is 0 Å². The highest BCUT2D eigenvalue weighted by atomic mass is 35.5. The smallest absolute Gasteiger partial charge is 0.339 e. The number of carboxylic acid groups (broad SMARTS) is 1. The van der Waals surface area contributed by atoms with E-state index in [1.807, 2.05) is 27.1 Å². The van der Waals surface area contributed by atoms with Gasteiger partial charge in [0.05, 0.1) is 10.5 Å². The lowest BCUT2D eigenvalue weighted by Gasteiger charge is -2.04. The van der Waals surface area contributed by atoms with E-state index in [4.69, 9.17) is 16.7 Å². The summed E-state index contributed by atoms with van der Waals surface area (Å²) in [5.74, 6) is -1.05.